The molecular weight excluding hydrogens is 278 g/mol. The molecule has 0 aliphatic carbocycles. The summed E-state index contributed by atoms with van der Waals surface area (Å²) in [5, 5.41) is 9.90. The molecule has 0 aromatic carbocycles. The van der Waals surface area contributed by atoms with Gasteiger partial charge in [0.2, 0.25) is 0 Å². The molecule has 1 rings (SSSR count). The van der Waals surface area contributed by atoms with Gasteiger partial charge in [-0.05, 0) is 34.5 Å². The SMILES string of the molecule is CCNCc1c(S(=O)(=O)NC(C)CN(C)C)n[nH]c1C. The van der Waals surface area contributed by atoms with Crippen LogP contribution in [0.25, 0.3) is 0 Å². The summed E-state index contributed by atoms with van der Waals surface area (Å²) in [5.41, 5.74) is 1.46. The van der Waals surface area contributed by atoms with Crippen molar-refractivity contribution < 1.29 is 8.42 Å². The van der Waals surface area contributed by atoms with Crippen molar-refractivity contribution >= 4 is 10.0 Å². The molecule has 1 atom stereocenters. The third-order valence-electron chi connectivity index (χ3n) is 2.84. The monoisotopic (exact) mass is 303 g/mol. The largest absolute Gasteiger partial charge is 0.313 e. The van der Waals surface area contributed by atoms with Crippen LogP contribution in [0.2, 0.25) is 0 Å². The van der Waals surface area contributed by atoms with Gasteiger partial charge in [0.15, 0.2) is 5.03 Å². The van der Waals surface area contributed by atoms with Crippen molar-refractivity contribution in [3.05, 3.63) is 11.3 Å². The number of aromatic amines is 1. The van der Waals surface area contributed by atoms with Gasteiger partial charge in [-0.3, -0.25) is 5.10 Å². The molecule has 1 unspecified atom stereocenters. The van der Waals surface area contributed by atoms with Crippen LogP contribution in [0.4, 0.5) is 0 Å². The van der Waals surface area contributed by atoms with E-state index in [9.17, 15) is 8.42 Å². The van der Waals surface area contributed by atoms with Crippen molar-refractivity contribution in [2.45, 2.75) is 38.4 Å². The second kappa shape index (κ2) is 7.16. The number of aromatic nitrogens is 2. The zero-order valence-electron chi connectivity index (χ0n) is 12.8. The fourth-order valence-corrected chi connectivity index (χ4v) is 3.45. The highest BCUT2D eigenvalue weighted by atomic mass is 32.2. The summed E-state index contributed by atoms with van der Waals surface area (Å²) in [5.74, 6) is 0. The second-order valence-corrected chi connectivity index (χ2v) is 6.83. The minimum atomic E-state index is -3.60. The molecule has 0 aliphatic rings. The molecule has 0 saturated carbocycles. The lowest BCUT2D eigenvalue weighted by Gasteiger charge is -2.18. The van der Waals surface area contributed by atoms with Gasteiger partial charge in [0.1, 0.15) is 0 Å². The summed E-state index contributed by atoms with van der Waals surface area (Å²) in [6.45, 7) is 7.51. The Hall–Kier alpha value is -0.960. The lowest BCUT2D eigenvalue weighted by atomic mass is 10.2. The lowest BCUT2D eigenvalue weighted by molar-refractivity contribution is 0.370. The highest BCUT2D eigenvalue weighted by molar-refractivity contribution is 7.89. The molecule has 0 radical (unpaired) electrons. The number of nitrogens with one attached hydrogen (secondary N) is 3. The third-order valence-corrected chi connectivity index (χ3v) is 4.40. The van der Waals surface area contributed by atoms with Crippen molar-refractivity contribution in [2.24, 2.45) is 0 Å². The highest BCUT2D eigenvalue weighted by Crippen LogP contribution is 2.16. The van der Waals surface area contributed by atoms with Crippen LogP contribution in [0, 0.1) is 6.92 Å². The summed E-state index contributed by atoms with van der Waals surface area (Å²) >= 11 is 0. The number of hydrogen-bond acceptors (Lipinski definition) is 5. The number of hydrogen-bond donors (Lipinski definition) is 3. The van der Waals surface area contributed by atoms with Gasteiger partial charge in [0, 0.05) is 30.4 Å². The van der Waals surface area contributed by atoms with Crippen LogP contribution in [0.5, 0.6) is 0 Å². The summed E-state index contributed by atoms with van der Waals surface area (Å²) in [6, 6.07) is -0.181. The molecule has 3 N–H and O–H groups in total. The van der Waals surface area contributed by atoms with Crippen LogP contribution < -0.4 is 10.0 Å². The molecule has 20 heavy (non-hydrogen) atoms. The average Bonchev–Trinajstić information content (AvgIpc) is 2.66. The van der Waals surface area contributed by atoms with E-state index < -0.39 is 10.0 Å². The Morgan fingerprint density at radius 3 is 2.60 bits per heavy atom. The van der Waals surface area contributed by atoms with Gasteiger partial charge < -0.3 is 10.2 Å². The molecule has 1 heterocycles. The maximum absolute atomic E-state index is 12.4. The number of nitrogens with zero attached hydrogens (tertiary/aromatic N) is 2. The van der Waals surface area contributed by atoms with Crippen molar-refractivity contribution in [2.75, 3.05) is 27.2 Å². The summed E-state index contributed by atoms with van der Waals surface area (Å²) in [7, 11) is 0.201. The van der Waals surface area contributed by atoms with Crippen molar-refractivity contribution in [1.29, 1.82) is 0 Å². The van der Waals surface area contributed by atoms with Crippen LogP contribution in [0.1, 0.15) is 25.1 Å². The summed E-state index contributed by atoms with van der Waals surface area (Å²) < 4.78 is 27.4. The Balaban J connectivity index is 2.92. The molecule has 8 heteroatoms. The Morgan fingerprint density at radius 1 is 1.40 bits per heavy atom. The molecule has 0 amide bonds. The molecule has 0 fully saturated rings. The van der Waals surface area contributed by atoms with Gasteiger partial charge in [-0.25, -0.2) is 13.1 Å². The van der Waals surface area contributed by atoms with E-state index in [-0.39, 0.29) is 11.1 Å². The van der Waals surface area contributed by atoms with Gasteiger partial charge in [0.05, 0.1) is 0 Å². The normalized spacial score (nSPS) is 13.9. The molecule has 1 aromatic heterocycles. The Morgan fingerprint density at radius 2 is 2.05 bits per heavy atom. The van der Waals surface area contributed by atoms with E-state index in [1.54, 1.807) is 0 Å². The maximum Gasteiger partial charge on any atom is 0.260 e. The molecule has 7 nitrogen and oxygen atoms in total. The van der Waals surface area contributed by atoms with Gasteiger partial charge >= 0.3 is 0 Å². The first-order chi connectivity index (χ1) is 9.27. The topological polar surface area (TPSA) is 90.1 Å². The van der Waals surface area contributed by atoms with E-state index >= 15 is 0 Å². The van der Waals surface area contributed by atoms with Crippen molar-refractivity contribution in [3.63, 3.8) is 0 Å². The van der Waals surface area contributed by atoms with Gasteiger partial charge in [-0.1, -0.05) is 6.92 Å². The minimum Gasteiger partial charge on any atom is -0.313 e. The molecule has 0 bridgehead atoms. The minimum absolute atomic E-state index is 0.0848. The van der Waals surface area contributed by atoms with Crippen LogP contribution >= 0.6 is 0 Å². The third kappa shape index (κ3) is 4.55. The first-order valence-corrected chi connectivity index (χ1v) is 8.17. The second-order valence-electron chi connectivity index (χ2n) is 5.20. The summed E-state index contributed by atoms with van der Waals surface area (Å²) in [6.07, 6.45) is 0. The van der Waals surface area contributed by atoms with E-state index in [1.165, 1.54) is 0 Å². The highest BCUT2D eigenvalue weighted by Gasteiger charge is 2.25. The number of rotatable bonds is 8. The standard InChI is InChI=1S/C12H25N5O2S/c1-6-13-7-11-10(3)14-15-12(11)20(18,19)16-9(2)8-17(4)5/h9,13,16H,6-8H2,1-5H3,(H,14,15). The number of H-pyrrole nitrogens is 1. The van der Waals surface area contributed by atoms with Gasteiger partial charge in [-0.2, -0.15) is 5.10 Å². The Labute approximate surface area is 121 Å². The van der Waals surface area contributed by atoms with Gasteiger partial charge in [0.25, 0.3) is 10.0 Å². The molecule has 0 spiro atoms. The zero-order chi connectivity index (χ0) is 15.3. The number of aryl methyl sites for hydroxylation is 1. The molecule has 116 valence electrons. The molecule has 1 aromatic rings. The predicted molar refractivity (Wildman–Crippen MR) is 79.0 cm³/mol. The van der Waals surface area contributed by atoms with Crippen LogP contribution in [-0.2, 0) is 16.6 Å². The maximum atomic E-state index is 12.4. The van der Waals surface area contributed by atoms with Crippen LogP contribution in [0.3, 0.4) is 0 Å². The molecule has 0 aliphatic heterocycles. The van der Waals surface area contributed by atoms with Crippen LogP contribution in [-0.4, -0.2) is 56.7 Å². The van der Waals surface area contributed by atoms with Gasteiger partial charge in [-0.15, -0.1) is 0 Å². The first-order valence-electron chi connectivity index (χ1n) is 6.69. The Kier molecular flexibility index (Phi) is 6.12. The fourth-order valence-electron chi connectivity index (χ4n) is 2.02. The lowest BCUT2D eigenvalue weighted by Crippen LogP contribution is -2.40. The smallest absolute Gasteiger partial charge is 0.260 e. The van der Waals surface area contributed by atoms with Crippen molar-refractivity contribution in [1.82, 2.24) is 25.1 Å². The zero-order valence-corrected chi connectivity index (χ0v) is 13.6. The van der Waals surface area contributed by atoms with Crippen molar-refractivity contribution in [3.8, 4) is 0 Å². The number of likely N-dealkylation sites (N-methyl/N-ethyl adjacent to an activating group) is 1. The van der Waals surface area contributed by atoms with E-state index in [1.807, 2.05) is 39.8 Å². The Bertz CT molecular complexity index is 524. The van der Waals surface area contributed by atoms with Crippen LogP contribution in [0.15, 0.2) is 5.03 Å². The average molecular weight is 303 g/mol. The van der Waals surface area contributed by atoms with E-state index in [2.05, 4.69) is 20.2 Å². The van der Waals surface area contributed by atoms with E-state index in [0.717, 1.165) is 12.2 Å². The quantitative estimate of drug-likeness (QED) is 0.632. The van der Waals surface area contributed by atoms with E-state index in [4.69, 9.17) is 0 Å². The fraction of sp³-hybridized carbons (Fsp3) is 0.750. The molecular formula is C12H25N5O2S. The number of sulfonamides is 1. The van der Waals surface area contributed by atoms with E-state index in [0.29, 0.717) is 18.7 Å². The molecule has 0 saturated heterocycles. The first kappa shape index (κ1) is 17.1. The predicted octanol–water partition coefficient (Wildman–Crippen LogP) is 0.0560. The summed E-state index contributed by atoms with van der Waals surface area (Å²) in [4.78, 5) is 1.93.